The largest absolute Gasteiger partial charge is 0.335 e. The van der Waals surface area contributed by atoms with Crippen molar-refractivity contribution in [2.45, 2.75) is 31.3 Å². The Hall–Kier alpha value is -2.32. The third-order valence-electron chi connectivity index (χ3n) is 5.30. The average molecular weight is 468 g/mol. The highest BCUT2D eigenvalue weighted by atomic mass is 35.5. The molecule has 2 aromatic rings. The van der Waals surface area contributed by atoms with E-state index in [-0.39, 0.29) is 42.8 Å². The van der Waals surface area contributed by atoms with Gasteiger partial charge in [-0.05, 0) is 69.7 Å². The van der Waals surface area contributed by atoms with Crippen LogP contribution in [0.4, 0.5) is 16.2 Å². The highest BCUT2D eigenvalue weighted by Crippen LogP contribution is 2.21. The van der Waals surface area contributed by atoms with Gasteiger partial charge in [0, 0.05) is 17.4 Å². The highest BCUT2D eigenvalue weighted by Gasteiger charge is 2.30. The number of rotatable bonds is 5. The number of amides is 3. The molecule has 1 fully saturated rings. The molecule has 9 heteroatoms. The van der Waals surface area contributed by atoms with Gasteiger partial charge in [-0.25, -0.2) is 4.79 Å². The number of nitrogens with two attached hydrogens (primary N) is 1. The molecule has 0 bridgehead atoms. The van der Waals surface area contributed by atoms with Crippen molar-refractivity contribution < 1.29 is 9.59 Å². The fourth-order valence-electron chi connectivity index (χ4n) is 3.32. The Balaban J connectivity index is 0.00000240. The fourth-order valence-corrected chi connectivity index (χ4v) is 3.32. The van der Waals surface area contributed by atoms with Crippen molar-refractivity contribution in [1.29, 1.82) is 0 Å². The zero-order valence-electron chi connectivity index (χ0n) is 17.8. The Labute approximate surface area is 196 Å². The van der Waals surface area contributed by atoms with Crippen LogP contribution in [-0.2, 0) is 10.3 Å². The van der Waals surface area contributed by atoms with Gasteiger partial charge in [-0.2, -0.15) is 0 Å². The summed E-state index contributed by atoms with van der Waals surface area (Å²) >= 11 is 0. The molecule has 0 aromatic heterocycles. The molecular formula is C22H31Cl2N5O2. The van der Waals surface area contributed by atoms with E-state index in [1.807, 2.05) is 30.3 Å². The fraction of sp³-hybridized carbons (Fsp3) is 0.364. The van der Waals surface area contributed by atoms with Crippen LogP contribution in [0.1, 0.15) is 25.3 Å². The minimum absolute atomic E-state index is 0. The highest BCUT2D eigenvalue weighted by molar-refractivity contribution is 5.98. The lowest BCUT2D eigenvalue weighted by Gasteiger charge is -2.29. The first-order chi connectivity index (χ1) is 13.8. The Morgan fingerprint density at radius 2 is 1.45 bits per heavy atom. The predicted octanol–water partition coefficient (Wildman–Crippen LogP) is 3.56. The predicted molar refractivity (Wildman–Crippen MR) is 130 cm³/mol. The Morgan fingerprint density at radius 1 is 0.935 bits per heavy atom. The van der Waals surface area contributed by atoms with Crippen LogP contribution in [-0.4, -0.2) is 43.0 Å². The normalized spacial score (nSPS) is 16.1. The van der Waals surface area contributed by atoms with E-state index in [2.05, 4.69) is 27.9 Å². The van der Waals surface area contributed by atoms with Gasteiger partial charge in [0.25, 0.3) is 0 Å². The Kier molecular flexibility index (Phi) is 10.3. The summed E-state index contributed by atoms with van der Waals surface area (Å²) in [6, 6.07) is 16.2. The smallest absolute Gasteiger partial charge is 0.319 e. The summed E-state index contributed by atoms with van der Waals surface area (Å²) in [5.41, 5.74) is 7.11. The van der Waals surface area contributed by atoms with Gasteiger partial charge in [0.05, 0.1) is 0 Å². The number of hydrogen-bond acceptors (Lipinski definition) is 4. The van der Waals surface area contributed by atoms with E-state index in [0.29, 0.717) is 11.4 Å². The molecule has 1 heterocycles. The first-order valence-electron chi connectivity index (χ1n) is 9.86. The maximum absolute atomic E-state index is 12.6. The molecule has 7 nitrogen and oxygen atoms in total. The van der Waals surface area contributed by atoms with Gasteiger partial charge >= 0.3 is 6.03 Å². The van der Waals surface area contributed by atoms with Gasteiger partial charge in [-0.15, -0.1) is 24.8 Å². The molecule has 0 spiro atoms. The molecule has 1 aliphatic rings. The lowest BCUT2D eigenvalue weighted by Crippen LogP contribution is -2.45. The second-order valence-electron chi connectivity index (χ2n) is 7.78. The standard InChI is InChI=1S/C22H29N5O2.2ClH/c1-22(23,16-6-4-3-5-7-16)20(28)24-17-8-10-18(11-9-17)25-21(29)26-19-12-14-27(2)15-13-19;;/h3-11,19H,12-15,23H2,1-2H3,(H,24,28)(H2,25,26,29);2*1H. The van der Waals surface area contributed by atoms with Crippen LogP contribution in [0.25, 0.3) is 0 Å². The van der Waals surface area contributed by atoms with Crippen LogP contribution < -0.4 is 21.7 Å². The van der Waals surface area contributed by atoms with E-state index in [9.17, 15) is 9.59 Å². The molecule has 0 saturated carbocycles. The summed E-state index contributed by atoms with van der Waals surface area (Å²) in [7, 11) is 2.09. The van der Waals surface area contributed by atoms with Crippen molar-refractivity contribution in [3.05, 3.63) is 60.2 Å². The summed E-state index contributed by atoms with van der Waals surface area (Å²) in [6.45, 7) is 3.66. The number of piperidine rings is 1. The van der Waals surface area contributed by atoms with E-state index in [1.54, 1.807) is 31.2 Å². The number of carbonyl (C=O) groups is 2. The lowest BCUT2D eigenvalue weighted by molar-refractivity contribution is -0.120. The molecular weight excluding hydrogens is 437 g/mol. The van der Waals surface area contributed by atoms with E-state index in [0.717, 1.165) is 31.5 Å². The number of benzene rings is 2. The molecule has 0 radical (unpaired) electrons. The van der Waals surface area contributed by atoms with Crippen molar-refractivity contribution in [1.82, 2.24) is 10.2 Å². The molecule has 1 unspecified atom stereocenters. The summed E-state index contributed by atoms with van der Waals surface area (Å²) < 4.78 is 0. The minimum Gasteiger partial charge on any atom is -0.335 e. The molecule has 3 amide bonds. The lowest BCUT2D eigenvalue weighted by atomic mass is 9.92. The van der Waals surface area contributed by atoms with Crippen molar-refractivity contribution in [2.24, 2.45) is 5.73 Å². The molecule has 3 rings (SSSR count). The third kappa shape index (κ3) is 7.40. The quantitative estimate of drug-likeness (QED) is 0.539. The number of likely N-dealkylation sites (tertiary alicyclic amines) is 1. The van der Waals surface area contributed by atoms with Crippen molar-refractivity contribution >= 4 is 48.1 Å². The second kappa shape index (κ2) is 11.9. The molecule has 31 heavy (non-hydrogen) atoms. The number of nitrogens with zero attached hydrogens (tertiary/aromatic N) is 1. The number of carbonyl (C=O) groups excluding carboxylic acids is 2. The van der Waals surface area contributed by atoms with Crippen LogP contribution in [0.5, 0.6) is 0 Å². The first-order valence-corrected chi connectivity index (χ1v) is 9.86. The topological polar surface area (TPSA) is 99.5 Å². The summed E-state index contributed by atoms with van der Waals surface area (Å²) in [4.78, 5) is 27.1. The monoisotopic (exact) mass is 467 g/mol. The average Bonchev–Trinajstić information content (AvgIpc) is 2.72. The number of nitrogens with one attached hydrogen (secondary N) is 3. The first kappa shape index (κ1) is 26.7. The molecule has 5 N–H and O–H groups in total. The van der Waals surface area contributed by atoms with Crippen molar-refractivity contribution in [3.63, 3.8) is 0 Å². The van der Waals surface area contributed by atoms with Gasteiger partial charge in [0.1, 0.15) is 5.54 Å². The van der Waals surface area contributed by atoms with Crippen LogP contribution in [0, 0.1) is 0 Å². The maximum atomic E-state index is 12.6. The zero-order valence-corrected chi connectivity index (χ0v) is 19.4. The third-order valence-corrected chi connectivity index (χ3v) is 5.30. The van der Waals surface area contributed by atoms with Gasteiger partial charge in [-0.1, -0.05) is 30.3 Å². The van der Waals surface area contributed by atoms with Crippen molar-refractivity contribution in [2.75, 3.05) is 30.8 Å². The number of halogens is 2. The molecule has 170 valence electrons. The van der Waals surface area contributed by atoms with E-state index >= 15 is 0 Å². The van der Waals surface area contributed by atoms with Crippen LogP contribution in [0.15, 0.2) is 54.6 Å². The van der Waals surface area contributed by atoms with Gasteiger partial charge in [-0.3, -0.25) is 4.79 Å². The van der Waals surface area contributed by atoms with Gasteiger partial charge < -0.3 is 26.6 Å². The van der Waals surface area contributed by atoms with E-state index in [4.69, 9.17) is 5.73 Å². The van der Waals surface area contributed by atoms with Gasteiger partial charge in [0.2, 0.25) is 5.91 Å². The van der Waals surface area contributed by atoms with E-state index < -0.39 is 5.54 Å². The number of hydrogen-bond donors (Lipinski definition) is 4. The summed E-state index contributed by atoms with van der Waals surface area (Å²) in [6.07, 6.45) is 1.91. The molecule has 0 aliphatic carbocycles. The summed E-state index contributed by atoms with van der Waals surface area (Å²) in [5.74, 6) is -0.301. The minimum atomic E-state index is -1.15. The SMILES string of the molecule is CN1CCC(NC(=O)Nc2ccc(NC(=O)C(C)(N)c3ccccc3)cc2)CC1.Cl.Cl. The molecule has 1 saturated heterocycles. The van der Waals surface area contributed by atoms with Crippen LogP contribution in [0.3, 0.4) is 0 Å². The molecule has 1 aliphatic heterocycles. The van der Waals surface area contributed by atoms with Crippen LogP contribution in [0.2, 0.25) is 0 Å². The summed E-state index contributed by atoms with van der Waals surface area (Å²) in [5, 5.41) is 8.68. The molecule has 2 aromatic carbocycles. The number of anilines is 2. The van der Waals surface area contributed by atoms with E-state index in [1.165, 1.54) is 0 Å². The zero-order chi connectivity index (χ0) is 20.9. The Bertz CT molecular complexity index is 839. The maximum Gasteiger partial charge on any atom is 0.319 e. The van der Waals surface area contributed by atoms with Crippen LogP contribution >= 0.6 is 24.8 Å². The molecule has 1 atom stereocenters. The van der Waals surface area contributed by atoms with Gasteiger partial charge in [0.15, 0.2) is 0 Å². The number of urea groups is 1. The van der Waals surface area contributed by atoms with Crippen molar-refractivity contribution in [3.8, 4) is 0 Å². The Morgan fingerprint density at radius 3 is 2.00 bits per heavy atom. The second-order valence-corrected chi connectivity index (χ2v) is 7.78.